The van der Waals surface area contributed by atoms with Crippen molar-refractivity contribution in [1.82, 2.24) is 5.43 Å². The zero-order chi connectivity index (χ0) is 14.4. The molecule has 1 fully saturated rings. The minimum Gasteiger partial charge on any atom is -0.440 e. The second-order valence-electron chi connectivity index (χ2n) is 5.17. The third-order valence-electron chi connectivity index (χ3n) is 2.91. The standard InChI is InChI=1S/C14H21N3O3/c1-11(2)9-13(18)16-15-10-12-3-4-14(20-12)17-5-7-19-8-6-17/h3-4,10-11H,5-9H2,1-2H3,(H,16,18). The third-order valence-corrected chi connectivity index (χ3v) is 2.91. The van der Waals surface area contributed by atoms with E-state index in [0.29, 0.717) is 18.1 Å². The fraction of sp³-hybridized carbons (Fsp3) is 0.571. The first-order valence-corrected chi connectivity index (χ1v) is 6.89. The number of ether oxygens (including phenoxy) is 1. The highest BCUT2D eigenvalue weighted by molar-refractivity contribution is 5.80. The van der Waals surface area contributed by atoms with Gasteiger partial charge in [0.25, 0.3) is 0 Å². The molecule has 0 aliphatic carbocycles. The fourth-order valence-corrected chi connectivity index (χ4v) is 1.95. The molecule has 0 unspecified atom stereocenters. The minimum atomic E-state index is -0.0868. The van der Waals surface area contributed by atoms with Crippen LogP contribution in [0.1, 0.15) is 26.0 Å². The van der Waals surface area contributed by atoms with Crippen molar-refractivity contribution in [3.05, 3.63) is 17.9 Å². The van der Waals surface area contributed by atoms with Crippen molar-refractivity contribution >= 4 is 18.0 Å². The number of nitrogens with one attached hydrogen (secondary N) is 1. The summed E-state index contributed by atoms with van der Waals surface area (Å²) in [6.45, 7) is 7.07. The van der Waals surface area contributed by atoms with Gasteiger partial charge in [-0.25, -0.2) is 5.43 Å². The maximum Gasteiger partial charge on any atom is 0.240 e. The van der Waals surface area contributed by atoms with Crippen molar-refractivity contribution in [3.63, 3.8) is 0 Å². The number of anilines is 1. The van der Waals surface area contributed by atoms with Crippen LogP contribution in [0.15, 0.2) is 21.7 Å². The number of amides is 1. The Morgan fingerprint density at radius 1 is 1.45 bits per heavy atom. The summed E-state index contributed by atoms with van der Waals surface area (Å²) in [6, 6.07) is 3.74. The van der Waals surface area contributed by atoms with E-state index in [1.165, 1.54) is 6.21 Å². The lowest BCUT2D eigenvalue weighted by molar-refractivity contribution is -0.121. The van der Waals surface area contributed by atoms with Gasteiger partial charge in [0.15, 0.2) is 5.88 Å². The number of furan rings is 1. The monoisotopic (exact) mass is 279 g/mol. The van der Waals surface area contributed by atoms with E-state index in [1.807, 2.05) is 26.0 Å². The van der Waals surface area contributed by atoms with Gasteiger partial charge < -0.3 is 14.1 Å². The smallest absolute Gasteiger partial charge is 0.240 e. The number of hydrogen-bond acceptors (Lipinski definition) is 5. The van der Waals surface area contributed by atoms with E-state index in [4.69, 9.17) is 9.15 Å². The van der Waals surface area contributed by atoms with Crippen molar-refractivity contribution in [2.45, 2.75) is 20.3 Å². The molecule has 2 rings (SSSR count). The van der Waals surface area contributed by atoms with Gasteiger partial charge in [-0.1, -0.05) is 13.8 Å². The average molecular weight is 279 g/mol. The van der Waals surface area contributed by atoms with Gasteiger partial charge in [-0.05, 0) is 12.0 Å². The summed E-state index contributed by atoms with van der Waals surface area (Å²) in [5.74, 6) is 1.66. The molecule has 1 N–H and O–H groups in total. The molecule has 2 heterocycles. The first kappa shape index (κ1) is 14.6. The Hall–Kier alpha value is -1.82. The lowest BCUT2D eigenvalue weighted by atomic mass is 10.1. The first-order chi connectivity index (χ1) is 9.65. The number of rotatable bonds is 5. The largest absolute Gasteiger partial charge is 0.440 e. The Labute approximate surface area is 118 Å². The van der Waals surface area contributed by atoms with Crippen LogP contribution in [0.25, 0.3) is 0 Å². The van der Waals surface area contributed by atoms with Gasteiger partial charge >= 0.3 is 0 Å². The molecule has 1 aromatic heterocycles. The van der Waals surface area contributed by atoms with E-state index < -0.39 is 0 Å². The summed E-state index contributed by atoms with van der Waals surface area (Å²) in [5, 5.41) is 3.89. The molecule has 1 aromatic rings. The van der Waals surface area contributed by atoms with Gasteiger partial charge in [-0.3, -0.25) is 4.79 Å². The van der Waals surface area contributed by atoms with Gasteiger partial charge in [0, 0.05) is 25.6 Å². The van der Waals surface area contributed by atoms with Crippen LogP contribution in [-0.2, 0) is 9.53 Å². The summed E-state index contributed by atoms with van der Waals surface area (Å²) >= 11 is 0. The first-order valence-electron chi connectivity index (χ1n) is 6.89. The topological polar surface area (TPSA) is 67.1 Å². The Kier molecular flexibility index (Phi) is 5.17. The summed E-state index contributed by atoms with van der Waals surface area (Å²) in [6.07, 6.45) is 1.98. The van der Waals surface area contributed by atoms with Crippen molar-refractivity contribution < 1.29 is 13.9 Å². The molecule has 6 heteroatoms. The molecule has 0 aromatic carbocycles. The maximum atomic E-state index is 11.4. The summed E-state index contributed by atoms with van der Waals surface area (Å²) in [5.41, 5.74) is 2.49. The number of morpholine rings is 1. The average Bonchev–Trinajstić information content (AvgIpc) is 2.88. The van der Waals surface area contributed by atoms with Crippen molar-refractivity contribution in [2.75, 3.05) is 31.2 Å². The molecule has 6 nitrogen and oxygen atoms in total. The lowest BCUT2D eigenvalue weighted by Gasteiger charge is -2.26. The zero-order valence-electron chi connectivity index (χ0n) is 12.0. The predicted octanol–water partition coefficient (Wildman–Crippen LogP) is 1.61. The molecular weight excluding hydrogens is 258 g/mol. The number of hydrogen-bond donors (Lipinski definition) is 1. The predicted molar refractivity (Wildman–Crippen MR) is 76.9 cm³/mol. The van der Waals surface area contributed by atoms with E-state index in [0.717, 1.165) is 32.2 Å². The van der Waals surface area contributed by atoms with Crippen LogP contribution in [0.3, 0.4) is 0 Å². The van der Waals surface area contributed by atoms with Gasteiger partial charge in [-0.2, -0.15) is 5.10 Å². The molecule has 0 spiro atoms. The molecular formula is C14H21N3O3. The molecule has 0 atom stereocenters. The van der Waals surface area contributed by atoms with Crippen molar-refractivity contribution in [3.8, 4) is 0 Å². The second kappa shape index (κ2) is 7.09. The van der Waals surface area contributed by atoms with Crippen LogP contribution in [-0.4, -0.2) is 38.4 Å². The molecule has 110 valence electrons. The molecule has 1 saturated heterocycles. The Balaban J connectivity index is 1.84. The highest BCUT2D eigenvalue weighted by Crippen LogP contribution is 2.18. The van der Waals surface area contributed by atoms with E-state index in [1.54, 1.807) is 0 Å². The number of carbonyl (C=O) groups is 1. The van der Waals surface area contributed by atoms with Crippen LogP contribution in [0.4, 0.5) is 5.88 Å². The molecule has 0 radical (unpaired) electrons. The minimum absolute atomic E-state index is 0.0868. The highest BCUT2D eigenvalue weighted by Gasteiger charge is 2.14. The van der Waals surface area contributed by atoms with Crippen LogP contribution >= 0.6 is 0 Å². The molecule has 1 aliphatic heterocycles. The molecule has 0 bridgehead atoms. The summed E-state index contributed by atoms with van der Waals surface area (Å²) < 4.78 is 10.9. The van der Waals surface area contributed by atoms with Gasteiger partial charge in [0.2, 0.25) is 5.91 Å². The maximum absolute atomic E-state index is 11.4. The van der Waals surface area contributed by atoms with E-state index >= 15 is 0 Å². The summed E-state index contributed by atoms with van der Waals surface area (Å²) in [7, 11) is 0. The normalized spacial score (nSPS) is 16.1. The molecule has 0 saturated carbocycles. The fourth-order valence-electron chi connectivity index (χ4n) is 1.95. The van der Waals surface area contributed by atoms with Crippen LogP contribution < -0.4 is 10.3 Å². The molecule has 1 amide bonds. The molecule has 1 aliphatic rings. The van der Waals surface area contributed by atoms with E-state index in [9.17, 15) is 4.79 Å². The third kappa shape index (κ3) is 4.38. The van der Waals surface area contributed by atoms with Crippen LogP contribution in [0.5, 0.6) is 0 Å². The molecule has 20 heavy (non-hydrogen) atoms. The van der Waals surface area contributed by atoms with Gasteiger partial charge in [0.05, 0.1) is 19.4 Å². The number of carbonyl (C=O) groups excluding carboxylic acids is 1. The quantitative estimate of drug-likeness (QED) is 0.657. The van der Waals surface area contributed by atoms with Gasteiger partial charge in [0.1, 0.15) is 5.76 Å². The van der Waals surface area contributed by atoms with Gasteiger partial charge in [-0.15, -0.1) is 0 Å². The van der Waals surface area contributed by atoms with E-state index in [2.05, 4.69) is 15.4 Å². The SMILES string of the molecule is CC(C)CC(=O)NN=Cc1ccc(N2CCOCC2)o1. The Bertz CT molecular complexity index is 462. The van der Waals surface area contributed by atoms with Crippen molar-refractivity contribution in [1.29, 1.82) is 0 Å². The second-order valence-corrected chi connectivity index (χ2v) is 5.17. The Morgan fingerprint density at radius 3 is 2.90 bits per heavy atom. The lowest BCUT2D eigenvalue weighted by Crippen LogP contribution is -2.35. The highest BCUT2D eigenvalue weighted by atomic mass is 16.5. The van der Waals surface area contributed by atoms with Crippen molar-refractivity contribution in [2.24, 2.45) is 11.0 Å². The number of hydrazone groups is 1. The summed E-state index contributed by atoms with van der Waals surface area (Å²) in [4.78, 5) is 13.5. The van der Waals surface area contributed by atoms with Crippen LogP contribution in [0, 0.1) is 5.92 Å². The number of nitrogens with zero attached hydrogens (tertiary/aromatic N) is 2. The zero-order valence-corrected chi connectivity index (χ0v) is 12.0. The van der Waals surface area contributed by atoms with Crippen LogP contribution in [0.2, 0.25) is 0 Å². The van der Waals surface area contributed by atoms with E-state index in [-0.39, 0.29) is 5.91 Å². The Morgan fingerprint density at radius 2 is 2.20 bits per heavy atom.